The van der Waals surface area contributed by atoms with Crippen LogP contribution in [0.2, 0.25) is 0 Å². The molecule has 0 spiro atoms. The standard InChI is InChI=1S/C13H18N2O2/c1-13(2,3)17-12(16)15-8-6-11-10(9-15)5-4-7-14-11/h4-5,7H,6,8-9H2,1-3H3. The molecule has 1 aromatic rings. The van der Waals surface area contributed by atoms with Crippen LogP contribution in [0.25, 0.3) is 0 Å². The number of ether oxygens (including phenoxy) is 1. The third kappa shape index (κ3) is 2.96. The lowest BCUT2D eigenvalue weighted by Gasteiger charge is -2.30. The first-order valence-corrected chi connectivity index (χ1v) is 5.86. The predicted molar refractivity (Wildman–Crippen MR) is 64.6 cm³/mol. The van der Waals surface area contributed by atoms with Crippen molar-refractivity contribution >= 4 is 6.09 Å². The molecule has 0 atom stereocenters. The number of nitrogens with zero attached hydrogens (tertiary/aromatic N) is 2. The van der Waals surface area contributed by atoms with Gasteiger partial charge in [-0.2, -0.15) is 0 Å². The van der Waals surface area contributed by atoms with Crippen LogP contribution < -0.4 is 0 Å². The number of fused-ring (bicyclic) bond motifs is 1. The maximum Gasteiger partial charge on any atom is 0.410 e. The summed E-state index contributed by atoms with van der Waals surface area (Å²) >= 11 is 0. The molecule has 0 fully saturated rings. The molecule has 0 radical (unpaired) electrons. The lowest BCUT2D eigenvalue weighted by molar-refractivity contribution is 0.0223. The summed E-state index contributed by atoms with van der Waals surface area (Å²) < 4.78 is 5.36. The SMILES string of the molecule is CC(C)(C)OC(=O)N1CCc2ncccc2C1. The van der Waals surface area contributed by atoms with Crippen molar-refractivity contribution in [2.45, 2.75) is 39.3 Å². The molecule has 2 rings (SSSR count). The fourth-order valence-corrected chi connectivity index (χ4v) is 1.85. The van der Waals surface area contributed by atoms with Crippen molar-refractivity contribution in [3.8, 4) is 0 Å². The second-order valence-electron chi connectivity index (χ2n) is 5.26. The van der Waals surface area contributed by atoms with Gasteiger partial charge in [0.2, 0.25) is 0 Å². The molecular weight excluding hydrogens is 216 g/mol. The highest BCUT2D eigenvalue weighted by molar-refractivity contribution is 5.68. The Balaban J connectivity index is 2.05. The first-order chi connectivity index (χ1) is 7.96. The van der Waals surface area contributed by atoms with Gasteiger partial charge in [0, 0.05) is 24.9 Å². The Kier molecular flexibility index (Phi) is 3.05. The number of rotatable bonds is 0. The fraction of sp³-hybridized carbons (Fsp3) is 0.538. The fourth-order valence-electron chi connectivity index (χ4n) is 1.85. The van der Waals surface area contributed by atoms with Gasteiger partial charge < -0.3 is 9.64 Å². The van der Waals surface area contributed by atoms with E-state index in [1.54, 1.807) is 11.1 Å². The van der Waals surface area contributed by atoms with Gasteiger partial charge in [-0.05, 0) is 32.4 Å². The minimum Gasteiger partial charge on any atom is -0.444 e. The number of aromatic nitrogens is 1. The van der Waals surface area contributed by atoms with Gasteiger partial charge in [-0.1, -0.05) is 6.07 Å². The summed E-state index contributed by atoms with van der Waals surface area (Å²) in [7, 11) is 0. The molecule has 1 aliphatic heterocycles. The second-order valence-corrected chi connectivity index (χ2v) is 5.26. The molecular formula is C13H18N2O2. The lowest BCUT2D eigenvalue weighted by atomic mass is 10.1. The Morgan fingerprint density at radius 3 is 2.94 bits per heavy atom. The van der Waals surface area contributed by atoms with Gasteiger partial charge >= 0.3 is 6.09 Å². The summed E-state index contributed by atoms with van der Waals surface area (Å²) in [6, 6.07) is 3.91. The molecule has 2 heterocycles. The Hall–Kier alpha value is -1.58. The van der Waals surface area contributed by atoms with Gasteiger partial charge in [0.15, 0.2) is 0 Å². The van der Waals surface area contributed by atoms with Gasteiger partial charge in [-0.3, -0.25) is 4.98 Å². The Morgan fingerprint density at radius 1 is 1.47 bits per heavy atom. The van der Waals surface area contributed by atoms with Gasteiger partial charge in [-0.15, -0.1) is 0 Å². The van der Waals surface area contributed by atoms with Crippen molar-refractivity contribution in [1.29, 1.82) is 0 Å². The first-order valence-electron chi connectivity index (χ1n) is 5.86. The number of carbonyl (C=O) groups is 1. The van der Waals surface area contributed by atoms with Gasteiger partial charge in [-0.25, -0.2) is 4.79 Å². The highest BCUT2D eigenvalue weighted by Gasteiger charge is 2.25. The molecule has 4 heteroatoms. The van der Waals surface area contributed by atoms with E-state index in [2.05, 4.69) is 4.98 Å². The molecule has 0 N–H and O–H groups in total. The molecule has 0 aromatic carbocycles. The summed E-state index contributed by atoms with van der Waals surface area (Å²) in [5.74, 6) is 0. The van der Waals surface area contributed by atoms with E-state index in [9.17, 15) is 4.79 Å². The summed E-state index contributed by atoms with van der Waals surface area (Å²) in [6.07, 6.45) is 2.35. The molecule has 1 aliphatic rings. The second kappa shape index (κ2) is 4.35. The molecule has 17 heavy (non-hydrogen) atoms. The van der Waals surface area contributed by atoms with Crippen LogP contribution >= 0.6 is 0 Å². The van der Waals surface area contributed by atoms with Crippen molar-refractivity contribution in [2.24, 2.45) is 0 Å². The number of carbonyl (C=O) groups excluding carboxylic acids is 1. The zero-order chi connectivity index (χ0) is 12.5. The molecule has 0 saturated carbocycles. The zero-order valence-electron chi connectivity index (χ0n) is 10.6. The molecule has 0 saturated heterocycles. The minimum atomic E-state index is -0.438. The third-order valence-electron chi connectivity index (χ3n) is 2.62. The van der Waals surface area contributed by atoms with Crippen LogP contribution in [0.1, 0.15) is 32.0 Å². The van der Waals surface area contributed by atoms with Crippen LogP contribution in [0.4, 0.5) is 4.79 Å². The quantitative estimate of drug-likeness (QED) is 0.692. The molecule has 92 valence electrons. The molecule has 1 amide bonds. The van der Waals surface area contributed by atoms with Crippen molar-refractivity contribution in [1.82, 2.24) is 9.88 Å². The van der Waals surface area contributed by atoms with E-state index in [0.717, 1.165) is 17.7 Å². The van der Waals surface area contributed by atoms with Gasteiger partial charge in [0.1, 0.15) is 5.60 Å². The predicted octanol–water partition coefficient (Wildman–Crippen LogP) is 2.37. The maximum absolute atomic E-state index is 11.9. The van der Waals surface area contributed by atoms with Gasteiger partial charge in [0.05, 0.1) is 6.54 Å². The summed E-state index contributed by atoms with van der Waals surface area (Å²) in [6.45, 7) is 6.91. The van der Waals surface area contributed by atoms with Crippen molar-refractivity contribution < 1.29 is 9.53 Å². The topological polar surface area (TPSA) is 42.4 Å². The average Bonchev–Trinajstić information content (AvgIpc) is 2.26. The van der Waals surface area contributed by atoms with E-state index >= 15 is 0 Å². The lowest BCUT2D eigenvalue weighted by Crippen LogP contribution is -2.40. The first kappa shape index (κ1) is 11.9. The number of hydrogen-bond acceptors (Lipinski definition) is 3. The zero-order valence-corrected chi connectivity index (χ0v) is 10.6. The van der Waals surface area contributed by atoms with E-state index in [1.807, 2.05) is 32.9 Å². The molecule has 1 aromatic heterocycles. The normalized spacial score (nSPS) is 15.4. The number of pyridine rings is 1. The van der Waals surface area contributed by atoms with Crippen molar-refractivity contribution in [3.05, 3.63) is 29.6 Å². The Bertz CT molecular complexity index is 424. The third-order valence-corrected chi connectivity index (χ3v) is 2.62. The Labute approximate surface area is 102 Å². The van der Waals surface area contributed by atoms with E-state index in [-0.39, 0.29) is 6.09 Å². The largest absolute Gasteiger partial charge is 0.444 e. The van der Waals surface area contributed by atoms with Crippen molar-refractivity contribution in [2.75, 3.05) is 6.54 Å². The van der Waals surface area contributed by atoms with Crippen LogP contribution in [0.15, 0.2) is 18.3 Å². The van der Waals surface area contributed by atoms with Crippen LogP contribution in [0.3, 0.4) is 0 Å². The number of hydrogen-bond donors (Lipinski definition) is 0. The Morgan fingerprint density at radius 2 is 2.24 bits per heavy atom. The van der Waals surface area contributed by atoms with Crippen LogP contribution in [-0.4, -0.2) is 28.1 Å². The van der Waals surface area contributed by atoms with E-state index in [1.165, 1.54) is 0 Å². The molecule has 0 aliphatic carbocycles. The highest BCUT2D eigenvalue weighted by atomic mass is 16.6. The van der Waals surface area contributed by atoms with Crippen LogP contribution in [0, 0.1) is 0 Å². The minimum absolute atomic E-state index is 0.244. The smallest absolute Gasteiger partial charge is 0.410 e. The molecule has 0 bridgehead atoms. The van der Waals surface area contributed by atoms with E-state index in [0.29, 0.717) is 13.1 Å². The molecule has 0 unspecified atom stereocenters. The van der Waals surface area contributed by atoms with Crippen molar-refractivity contribution in [3.63, 3.8) is 0 Å². The van der Waals surface area contributed by atoms with Gasteiger partial charge in [0.25, 0.3) is 0 Å². The van der Waals surface area contributed by atoms with Crippen LogP contribution in [0.5, 0.6) is 0 Å². The highest BCUT2D eigenvalue weighted by Crippen LogP contribution is 2.18. The monoisotopic (exact) mass is 234 g/mol. The average molecular weight is 234 g/mol. The molecule has 4 nitrogen and oxygen atoms in total. The summed E-state index contributed by atoms with van der Waals surface area (Å²) in [5.41, 5.74) is 1.77. The maximum atomic E-state index is 11.9. The van der Waals surface area contributed by atoms with Crippen LogP contribution in [-0.2, 0) is 17.7 Å². The van der Waals surface area contributed by atoms with E-state index in [4.69, 9.17) is 4.74 Å². The number of amides is 1. The summed E-state index contributed by atoms with van der Waals surface area (Å²) in [5, 5.41) is 0. The van der Waals surface area contributed by atoms with E-state index < -0.39 is 5.60 Å². The summed E-state index contributed by atoms with van der Waals surface area (Å²) in [4.78, 5) is 17.9.